The Kier molecular flexibility index (Phi) is 7.36. The van der Waals surface area contributed by atoms with Gasteiger partial charge in [0, 0.05) is 13.1 Å². The van der Waals surface area contributed by atoms with E-state index in [4.69, 9.17) is 25.8 Å². The van der Waals surface area contributed by atoms with Gasteiger partial charge in [-0.05, 0) is 51.7 Å². The standard InChI is InChI=1S/C20H28ClNO5/c1-12(2)26-18-16(21)10-15(11-17(18)25-5)20(24)27-14(4)19(23)22-8-6-13(3)7-9-22/h10-14H,6-9H2,1-5H3. The first-order valence-electron chi connectivity index (χ1n) is 9.26. The Labute approximate surface area is 165 Å². The summed E-state index contributed by atoms with van der Waals surface area (Å²) in [5, 5.41) is 0.249. The number of likely N-dealkylation sites (tertiary alicyclic amines) is 1. The number of ether oxygens (including phenoxy) is 3. The van der Waals surface area contributed by atoms with Gasteiger partial charge >= 0.3 is 5.97 Å². The summed E-state index contributed by atoms with van der Waals surface area (Å²) in [7, 11) is 1.47. The maximum absolute atomic E-state index is 12.5. The number of carbonyl (C=O) groups is 2. The van der Waals surface area contributed by atoms with E-state index in [0.717, 1.165) is 12.8 Å². The molecule has 6 nitrogen and oxygen atoms in total. The summed E-state index contributed by atoms with van der Waals surface area (Å²) in [4.78, 5) is 26.8. The molecule has 0 saturated carbocycles. The molecule has 1 atom stereocenters. The molecule has 0 aliphatic carbocycles. The zero-order chi connectivity index (χ0) is 20.1. The fraction of sp³-hybridized carbons (Fsp3) is 0.600. The first kappa shape index (κ1) is 21.4. The zero-order valence-electron chi connectivity index (χ0n) is 16.6. The predicted molar refractivity (Wildman–Crippen MR) is 104 cm³/mol. The summed E-state index contributed by atoms with van der Waals surface area (Å²) in [6.07, 6.45) is 0.980. The van der Waals surface area contributed by atoms with Crippen molar-refractivity contribution < 1.29 is 23.8 Å². The minimum absolute atomic E-state index is 0.0980. The molecule has 1 fully saturated rings. The zero-order valence-corrected chi connectivity index (χ0v) is 17.3. The third-order valence-electron chi connectivity index (χ3n) is 4.55. The van der Waals surface area contributed by atoms with Gasteiger partial charge in [-0.3, -0.25) is 4.79 Å². The number of amides is 1. The van der Waals surface area contributed by atoms with E-state index in [9.17, 15) is 9.59 Å². The van der Waals surface area contributed by atoms with E-state index in [1.807, 2.05) is 13.8 Å². The molecule has 0 radical (unpaired) electrons. The van der Waals surface area contributed by atoms with Crippen molar-refractivity contribution in [2.75, 3.05) is 20.2 Å². The molecular formula is C20H28ClNO5. The van der Waals surface area contributed by atoms with Crippen LogP contribution < -0.4 is 9.47 Å². The van der Waals surface area contributed by atoms with Crippen LogP contribution in [0.15, 0.2) is 12.1 Å². The van der Waals surface area contributed by atoms with Gasteiger partial charge in [0.25, 0.3) is 5.91 Å². The van der Waals surface area contributed by atoms with E-state index < -0.39 is 12.1 Å². The monoisotopic (exact) mass is 397 g/mol. The highest BCUT2D eigenvalue weighted by Gasteiger charge is 2.27. The third-order valence-corrected chi connectivity index (χ3v) is 4.83. The van der Waals surface area contributed by atoms with Gasteiger partial charge in [0.2, 0.25) is 0 Å². The SMILES string of the molecule is COc1cc(C(=O)OC(C)C(=O)N2CCC(C)CC2)cc(Cl)c1OC(C)C. The first-order valence-corrected chi connectivity index (χ1v) is 9.64. The maximum atomic E-state index is 12.5. The minimum atomic E-state index is -0.859. The second-order valence-electron chi connectivity index (χ2n) is 7.21. The van der Waals surface area contributed by atoms with E-state index in [-0.39, 0.29) is 22.6 Å². The maximum Gasteiger partial charge on any atom is 0.339 e. The lowest BCUT2D eigenvalue weighted by Crippen LogP contribution is -2.44. The van der Waals surface area contributed by atoms with Gasteiger partial charge in [-0.2, -0.15) is 0 Å². The summed E-state index contributed by atoms with van der Waals surface area (Å²) in [6.45, 7) is 8.90. The Hall–Kier alpha value is -1.95. The quantitative estimate of drug-likeness (QED) is 0.680. The van der Waals surface area contributed by atoms with Crippen molar-refractivity contribution >= 4 is 23.5 Å². The van der Waals surface area contributed by atoms with Crippen molar-refractivity contribution in [2.45, 2.75) is 52.7 Å². The van der Waals surface area contributed by atoms with E-state index in [1.165, 1.54) is 19.2 Å². The number of carbonyl (C=O) groups excluding carboxylic acids is 2. The number of halogens is 1. The van der Waals surface area contributed by atoms with Crippen LogP contribution in [0.4, 0.5) is 0 Å². The summed E-state index contributed by atoms with van der Waals surface area (Å²) >= 11 is 6.25. The number of hydrogen-bond donors (Lipinski definition) is 0. The highest BCUT2D eigenvalue weighted by molar-refractivity contribution is 6.32. The largest absolute Gasteiger partial charge is 0.493 e. The number of piperidine rings is 1. The lowest BCUT2D eigenvalue weighted by molar-refractivity contribution is -0.141. The van der Waals surface area contributed by atoms with Crippen LogP contribution in [-0.2, 0) is 9.53 Å². The van der Waals surface area contributed by atoms with Crippen LogP contribution in [0.25, 0.3) is 0 Å². The molecule has 1 heterocycles. The average molecular weight is 398 g/mol. The number of methoxy groups -OCH3 is 1. The van der Waals surface area contributed by atoms with E-state index in [2.05, 4.69) is 6.92 Å². The predicted octanol–water partition coefficient (Wildman–Crippen LogP) is 3.94. The smallest absolute Gasteiger partial charge is 0.339 e. The van der Waals surface area contributed by atoms with E-state index in [0.29, 0.717) is 30.5 Å². The summed E-state index contributed by atoms with van der Waals surface area (Å²) in [5.74, 6) is 0.531. The molecule has 2 rings (SSSR count). The van der Waals surface area contributed by atoms with Crippen LogP contribution in [-0.4, -0.2) is 49.2 Å². The fourth-order valence-electron chi connectivity index (χ4n) is 2.95. The van der Waals surface area contributed by atoms with Gasteiger partial charge in [0.15, 0.2) is 17.6 Å². The van der Waals surface area contributed by atoms with Crippen molar-refractivity contribution in [3.05, 3.63) is 22.7 Å². The third kappa shape index (κ3) is 5.51. The highest BCUT2D eigenvalue weighted by Crippen LogP contribution is 2.37. The molecule has 1 aromatic rings. The normalized spacial score (nSPS) is 16.2. The molecule has 150 valence electrons. The van der Waals surface area contributed by atoms with Crippen LogP contribution in [0.1, 0.15) is 50.9 Å². The molecule has 27 heavy (non-hydrogen) atoms. The number of hydrogen-bond acceptors (Lipinski definition) is 5. The molecule has 1 aromatic carbocycles. The summed E-state index contributed by atoms with van der Waals surface area (Å²) in [5.41, 5.74) is 0.208. The molecule has 1 aliphatic rings. The Morgan fingerprint density at radius 2 is 1.81 bits per heavy atom. The fourth-order valence-corrected chi connectivity index (χ4v) is 3.21. The van der Waals surface area contributed by atoms with Gasteiger partial charge in [-0.1, -0.05) is 18.5 Å². The Morgan fingerprint density at radius 1 is 1.19 bits per heavy atom. The number of benzene rings is 1. The Morgan fingerprint density at radius 3 is 2.37 bits per heavy atom. The second-order valence-corrected chi connectivity index (χ2v) is 7.62. The Bertz CT molecular complexity index is 683. The molecule has 1 aliphatic heterocycles. The van der Waals surface area contributed by atoms with Crippen LogP contribution >= 0.6 is 11.6 Å². The molecule has 0 spiro atoms. The van der Waals surface area contributed by atoms with E-state index >= 15 is 0 Å². The van der Waals surface area contributed by atoms with Gasteiger partial charge in [0.05, 0.1) is 23.8 Å². The summed E-state index contributed by atoms with van der Waals surface area (Å²) < 4.78 is 16.3. The highest BCUT2D eigenvalue weighted by atomic mass is 35.5. The lowest BCUT2D eigenvalue weighted by Gasteiger charge is -2.31. The molecule has 1 unspecified atom stereocenters. The van der Waals surface area contributed by atoms with Gasteiger partial charge in [0.1, 0.15) is 0 Å². The lowest BCUT2D eigenvalue weighted by atomic mass is 9.99. The van der Waals surface area contributed by atoms with Crippen LogP contribution in [0, 0.1) is 5.92 Å². The molecule has 1 amide bonds. The van der Waals surface area contributed by atoms with Gasteiger partial charge in [-0.25, -0.2) is 4.79 Å². The van der Waals surface area contributed by atoms with Crippen LogP contribution in [0.2, 0.25) is 5.02 Å². The molecule has 1 saturated heterocycles. The van der Waals surface area contributed by atoms with Gasteiger partial charge < -0.3 is 19.1 Å². The average Bonchev–Trinajstić information content (AvgIpc) is 2.62. The second kappa shape index (κ2) is 9.31. The van der Waals surface area contributed by atoms with Gasteiger partial charge in [-0.15, -0.1) is 0 Å². The number of nitrogens with zero attached hydrogens (tertiary/aromatic N) is 1. The molecule has 7 heteroatoms. The number of esters is 1. The molecule has 0 N–H and O–H groups in total. The summed E-state index contributed by atoms with van der Waals surface area (Å²) in [6, 6.07) is 2.97. The first-order chi connectivity index (χ1) is 12.7. The minimum Gasteiger partial charge on any atom is -0.493 e. The topological polar surface area (TPSA) is 65.1 Å². The van der Waals surface area contributed by atoms with Crippen molar-refractivity contribution in [2.24, 2.45) is 5.92 Å². The van der Waals surface area contributed by atoms with Crippen LogP contribution in [0.3, 0.4) is 0 Å². The Balaban J connectivity index is 2.08. The van der Waals surface area contributed by atoms with Crippen molar-refractivity contribution in [3.63, 3.8) is 0 Å². The van der Waals surface area contributed by atoms with Crippen molar-refractivity contribution in [3.8, 4) is 11.5 Å². The molecule has 0 aromatic heterocycles. The van der Waals surface area contributed by atoms with Crippen molar-refractivity contribution in [1.29, 1.82) is 0 Å². The number of rotatable bonds is 6. The van der Waals surface area contributed by atoms with E-state index in [1.54, 1.807) is 11.8 Å². The van der Waals surface area contributed by atoms with Crippen LogP contribution in [0.5, 0.6) is 11.5 Å². The molecular weight excluding hydrogens is 370 g/mol. The van der Waals surface area contributed by atoms with Crippen molar-refractivity contribution in [1.82, 2.24) is 4.90 Å². The molecule has 0 bridgehead atoms.